The molecule has 0 aliphatic carbocycles. The number of rotatable bonds is 8. The summed E-state index contributed by atoms with van der Waals surface area (Å²) in [5, 5.41) is 8.84. The Morgan fingerprint density at radius 3 is 2.46 bits per heavy atom. The molecule has 0 amide bonds. The van der Waals surface area contributed by atoms with Gasteiger partial charge in [-0.1, -0.05) is 42.5 Å². The van der Waals surface area contributed by atoms with E-state index in [0.29, 0.717) is 19.2 Å². The molecule has 1 aliphatic heterocycles. The molecule has 26 heavy (non-hydrogen) atoms. The summed E-state index contributed by atoms with van der Waals surface area (Å²) >= 11 is 0. The first kappa shape index (κ1) is 20.3. The van der Waals surface area contributed by atoms with E-state index in [1.165, 1.54) is 11.1 Å². The fourth-order valence-electron chi connectivity index (χ4n) is 3.35. The summed E-state index contributed by atoms with van der Waals surface area (Å²) in [6, 6.07) is 19.0. The highest BCUT2D eigenvalue weighted by Gasteiger charge is 2.25. The third kappa shape index (κ3) is 6.04. The Kier molecular flexibility index (Phi) is 7.95. The quantitative estimate of drug-likeness (QED) is 0.757. The van der Waals surface area contributed by atoms with Crippen LogP contribution in [-0.4, -0.2) is 41.7 Å². The Labute approximate surface area is 161 Å². The van der Waals surface area contributed by atoms with Crippen molar-refractivity contribution in [2.75, 3.05) is 19.7 Å². The number of carbonyl (C=O) groups is 1. The van der Waals surface area contributed by atoms with Gasteiger partial charge in [0.2, 0.25) is 0 Å². The van der Waals surface area contributed by atoms with Gasteiger partial charge in [0.1, 0.15) is 12.4 Å². The van der Waals surface area contributed by atoms with Gasteiger partial charge in [-0.05, 0) is 49.1 Å². The Hall–Kier alpha value is -2.04. The van der Waals surface area contributed by atoms with Gasteiger partial charge in [0.25, 0.3) is 0 Å². The van der Waals surface area contributed by atoms with E-state index in [1.54, 1.807) is 0 Å². The summed E-state index contributed by atoms with van der Waals surface area (Å²) in [7, 11) is 0. The second kappa shape index (κ2) is 10.2. The third-order valence-electron chi connectivity index (χ3n) is 4.73. The molecule has 1 aliphatic rings. The molecule has 140 valence electrons. The number of nitrogens with zero attached hydrogens (tertiary/aromatic N) is 1. The second-order valence-corrected chi connectivity index (χ2v) is 6.59. The molecule has 1 N–H and O–H groups in total. The highest BCUT2D eigenvalue weighted by molar-refractivity contribution is 5.85. The van der Waals surface area contributed by atoms with Gasteiger partial charge < -0.3 is 9.84 Å². The molecule has 1 atom stereocenters. The smallest absolute Gasteiger partial charge is 0.304 e. The van der Waals surface area contributed by atoms with Gasteiger partial charge in [-0.25, -0.2) is 0 Å². The molecule has 3 rings (SSSR count). The lowest BCUT2D eigenvalue weighted by molar-refractivity contribution is -0.137. The summed E-state index contributed by atoms with van der Waals surface area (Å²) < 4.78 is 5.94. The molecule has 0 radical (unpaired) electrons. The molecule has 1 saturated heterocycles. The first-order chi connectivity index (χ1) is 12.2. The maximum Gasteiger partial charge on any atom is 0.304 e. The molecule has 2 aromatic carbocycles. The summed E-state index contributed by atoms with van der Waals surface area (Å²) in [6.45, 7) is 2.20. The second-order valence-electron chi connectivity index (χ2n) is 6.59. The number of aliphatic carboxylic acids is 1. The van der Waals surface area contributed by atoms with Crippen LogP contribution in [0.3, 0.4) is 0 Å². The van der Waals surface area contributed by atoms with Crippen molar-refractivity contribution < 1.29 is 14.6 Å². The average Bonchev–Trinajstić information content (AvgIpc) is 3.08. The first-order valence-electron chi connectivity index (χ1n) is 8.92. The van der Waals surface area contributed by atoms with E-state index in [4.69, 9.17) is 9.84 Å². The predicted octanol–water partition coefficient (Wildman–Crippen LogP) is 4.02. The molecule has 1 fully saturated rings. The first-order valence-corrected chi connectivity index (χ1v) is 8.92. The highest BCUT2D eigenvalue weighted by Crippen LogP contribution is 2.20. The monoisotopic (exact) mass is 375 g/mol. The molecule has 2 aromatic rings. The minimum atomic E-state index is -0.736. The van der Waals surface area contributed by atoms with Crippen molar-refractivity contribution in [2.24, 2.45) is 0 Å². The normalized spacial score (nSPS) is 16.8. The van der Waals surface area contributed by atoms with Crippen molar-refractivity contribution in [2.45, 2.75) is 31.7 Å². The van der Waals surface area contributed by atoms with Gasteiger partial charge in [-0.2, -0.15) is 0 Å². The zero-order valence-corrected chi connectivity index (χ0v) is 15.7. The van der Waals surface area contributed by atoms with E-state index in [9.17, 15) is 4.79 Å². The lowest BCUT2D eigenvalue weighted by Crippen LogP contribution is -2.35. The zero-order valence-electron chi connectivity index (χ0n) is 14.8. The topological polar surface area (TPSA) is 49.8 Å². The number of carboxylic acids is 1. The van der Waals surface area contributed by atoms with Crippen molar-refractivity contribution >= 4 is 18.4 Å². The molecule has 0 aromatic heterocycles. The third-order valence-corrected chi connectivity index (χ3v) is 4.73. The lowest BCUT2D eigenvalue weighted by atomic mass is 10.1. The number of ether oxygens (including phenoxy) is 1. The van der Waals surface area contributed by atoms with Gasteiger partial charge in [0.15, 0.2) is 0 Å². The van der Waals surface area contributed by atoms with E-state index in [2.05, 4.69) is 41.3 Å². The number of hydrogen-bond acceptors (Lipinski definition) is 3. The van der Waals surface area contributed by atoms with E-state index in [1.807, 2.05) is 18.2 Å². The van der Waals surface area contributed by atoms with E-state index in [0.717, 1.165) is 31.6 Å². The number of hydrogen-bond donors (Lipinski definition) is 1. The Balaban J connectivity index is 0.00000243. The van der Waals surface area contributed by atoms with Crippen molar-refractivity contribution in [3.63, 3.8) is 0 Å². The van der Waals surface area contributed by atoms with Crippen molar-refractivity contribution in [3.05, 3.63) is 65.7 Å². The van der Waals surface area contributed by atoms with Crippen LogP contribution in [0.2, 0.25) is 0 Å². The maximum absolute atomic E-state index is 10.7. The minimum Gasteiger partial charge on any atom is -0.492 e. The maximum atomic E-state index is 10.7. The average molecular weight is 376 g/mol. The molecule has 0 saturated carbocycles. The van der Waals surface area contributed by atoms with Crippen molar-refractivity contribution in [1.29, 1.82) is 0 Å². The molecule has 1 heterocycles. The van der Waals surface area contributed by atoms with Gasteiger partial charge in [0, 0.05) is 12.6 Å². The van der Waals surface area contributed by atoms with Crippen molar-refractivity contribution in [1.82, 2.24) is 4.90 Å². The molecule has 1 unspecified atom stereocenters. The number of halogens is 1. The number of carboxylic acid groups (broad SMARTS) is 1. The summed E-state index contributed by atoms with van der Waals surface area (Å²) in [6.07, 6.45) is 3.31. The molecule has 5 heteroatoms. The van der Waals surface area contributed by atoms with Crippen LogP contribution in [0.1, 0.15) is 30.4 Å². The van der Waals surface area contributed by atoms with Crippen LogP contribution in [0, 0.1) is 0 Å². The van der Waals surface area contributed by atoms with Gasteiger partial charge in [0.05, 0.1) is 6.42 Å². The van der Waals surface area contributed by atoms with Crippen LogP contribution in [0.15, 0.2) is 54.6 Å². The highest BCUT2D eigenvalue weighted by atomic mass is 35.5. The Morgan fingerprint density at radius 2 is 1.77 bits per heavy atom. The van der Waals surface area contributed by atoms with Crippen LogP contribution in [-0.2, 0) is 11.2 Å². The Bertz CT molecular complexity index is 675. The van der Waals surface area contributed by atoms with Crippen LogP contribution < -0.4 is 4.74 Å². The summed E-state index contributed by atoms with van der Waals surface area (Å²) in [5.74, 6) is 0.141. The lowest BCUT2D eigenvalue weighted by Gasteiger charge is -2.23. The van der Waals surface area contributed by atoms with Crippen LogP contribution >= 0.6 is 12.4 Å². The molecule has 0 spiro atoms. The van der Waals surface area contributed by atoms with Gasteiger partial charge in [-0.3, -0.25) is 9.69 Å². The number of benzene rings is 2. The minimum absolute atomic E-state index is 0. The fraction of sp³-hybridized carbons (Fsp3) is 0.381. The predicted molar refractivity (Wildman–Crippen MR) is 105 cm³/mol. The van der Waals surface area contributed by atoms with Crippen LogP contribution in [0.25, 0.3) is 0 Å². The molecule has 4 nitrogen and oxygen atoms in total. The standard InChI is InChI=1S/C21H25NO3.ClH/c23-21(24)12-14-22-13-4-7-19(22)16-25-20-10-8-18(9-11-20)15-17-5-2-1-3-6-17;/h1-3,5-6,8-11,19H,4,7,12-16H2,(H,23,24);1H. The van der Waals surface area contributed by atoms with E-state index in [-0.39, 0.29) is 18.8 Å². The van der Waals surface area contributed by atoms with Gasteiger partial charge >= 0.3 is 5.97 Å². The summed E-state index contributed by atoms with van der Waals surface area (Å²) in [5.41, 5.74) is 2.57. The number of likely N-dealkylation sites (tertiary alicyclic amines) is 1. The molecule has 0 bridgehead atoms. The van der Waals surface area contributed by atoms with Gasteiger partial charge in [-0.15, -0.1) is 12.4 Å². The summed E-state index contributed by atoms with van der Waals surface area (Å²) in [4.78, 5) is 13.0. The SMILES string of the molecule is Cl.O=C(O)CCN1CCCC1COc1ccc(Cc2ccccc2)cc1. The fourth-order valence-corrected chi connectivity index (χ4v) is 3.35. The van der Waals surface area contributed by atoms with E-state index < -0.39 is 5.97 Å². The van der Waals surface area contributed by atoms with Crippen LogP contribution in [0.4, 0.5) is 0 Å². The largest absolute Gasteiger partial charge is 0.492 e. The van der Waals surface area contributed by atoms with Crippen molar-refractivity contribution in [3.8, 4) is 5.75 Å². The van der Waals surface area contributed by atoms with E-state index >= 15 is 0 Å². The molecular formula is C21H26ClNO3. The Morgan fingerprint density at radius 1 is 1.08 bits per heavy atom. The zero-order chi connectivity index (χ0) is 17.5. The molecular weight excluding hydrogens is 350 g/mol. The van der Waals surface area contributed by atoms with Crippen LogP contribution in [0.5, 0.6) is 5.75 Å².